The Kier molecular flexibility index (Phi) is 4.74. The Balaban J connectivity index is 2.06. The molecule has 0 radical (unpaired) electrons. The van der Waals surface area contributed by atoms with Crippen molar-refractivity contribution in [1.82, 2.24) is 9.38 Å². The van der Waals surface area contributed by atoms with E-state index in [-0.39, 0.29) is 29.5 Å². The number of azo groups is 1. The van der Waals surface area contributed by atoms with Crippen molar-refractivity contribution < 1.29 is 14.6 Å². The van der Waals surface area contributed by atoms with Crippen LogP contribution < -0.4 is 0 Å². The van der Waals surface area contributed by atoms with E-state index in [1.54, 1.807) is 19.2 Å². The van der Waals surface area contributed by atoms with Crippen molar-refractivity contribution in [3.63, 3.8) is 0 Å². The molecule has 2 heterocycles. The number of ether oxygens (including phenoxy) is 1. The lowest BCUT2D eigenvalue weighted by Crippen LogP contribution is -2.05. The number of nitrogens with zero attached hydrogens (tertiary/aromatic N) is 4. The van der Waals surface area contributed by atoms with Crippen molar-refractivity contribution in [3.8, 4) is 5.75 Å². The summed E-state index contributed by atoms with van der Waals surface area (Å²) in [6, 6.07) is 10.8. The molecule has 3 rings (SSSR count). The van der Waals surface area contributed by atoms with Crippen LogP contribution in [0.2, 0.25) is 0 Å². The minimum atomic E-state index is -0.610. The number of pyridine rings is 1. The summed E-state index contributed by atoms with van der Waals surface area (Å²) in [5, 5.41) is 18.3. The maximum atomic E-state index is 12.2. The standard InChI is InChI=1S/C18H18N4O3/c1-3-12-7-9-13(10-8-12)20-21-17-15(18(24)25-4-2)19-16-14(23)6-5-11-22(16)17/h5-11,23H,3-4H2,1-2H3. The number of hydrogen-bond acceptors (Lipinski definition) is 6. The van der Waals surface area contributed by atoms with Gasteiger partial charge in [-0.05, 0) is 43.2 Å². The number of rotatable bonds is 5. The summed E-state index contributed by atoms with van der Waals surface area (Å²) in [5.74, 6) is -0.452. The molecule has 0 aliphatic carbocycles. The van der Waals surface area contributed by atoms with E-state index in [0.717, 1.165) is 6.42 Å². The predicted molar refractivity (Wildman–Crippen MR) is 92.8 cm³/mol. The van der Waals surface area contributed by atoms with Crippen molar-refractivity contribution >= 4 is 23.1 Å². The fourth-order valence-electron chi connectivity index (χ4n) is 2.38. The van der Waals surface area contributed by atoms with Crippen LogP contribution in [0.1, 0.15) is 29.9 Å². The molecule has 0 atom stereocenters. The summed E-state index contributed by atoms with van der Waals surface area (Å²) in [7, 11) is 0. The van der Waals surface area contributed by atoms with Crippen LogP contribution in [-0.2, 0) is 11.2 Å². The number of hydrogen-bond donors (Lipinski definition) is 1. The van der Waals surface area contributed by atoms with Crippen molar-refractivity contribution in [2.45, 2.75) is 20.3 Å². The molecule has 7 nitrogen and oxygen atoms in total. The fourth-order valence-corrected chi connectivity index (χ4v) is 2.38. The third-order valence-corrected chi connectivity index (χ3v) is 3.68. The van der Waals surface area contributed by atoms with Crippen molar-refractivity contribution in [1.29, 1.82) is 0 Å². The second kappa shape index (κ2) is 7.12. The van der Waals surface area contributed by atoms with Crippen LogP contribution in [0.3, 0.4) is 0 Å². The van der Waals surface area contributed by atoms with Gasteiger partial charge in [0.25, 0.3) is 0 Å². The lowest BCUT2D eigenvalue weighted by molar-refractivity contribution is 0.0521. The smallest absolute Gasteiger partial charge is 0.360 e. The van der Waals surface area contributed by atoms with Gasteiger partial charge in [0.2, 0.25) is 0 Å². The van der Waals surface area contributed by atoms with E-state index in [4.69, 9.17) is 4.74 Å². The molecule has 0 bridgehead atoms. The molecule has 1 N–H and O–H groups in total. The lowest BCUT2D eigenvalue weighted by atomic mass is 10.2. The minimum Gasteiger partial charge on any atom is -0.504 e. The van der Waals surface area contributed by atoms with Gasteiger partial charge in [0.1, 0.15) is 0 Å². The molecule has 0 saturated heterocycles. The van der Waals surface area contributed by atoms with Crippen molar-refractivity contribution in [2.75, 3.05) is 6.61 Å². The molecule has 0 fully saturated rings. The predicted octanol–water partition coefficient (Wildman–Crippen LogP) is 4.19. The molecule has 0 spiro atoms. The van der Waals surface area contributed by atoms with Gasteiger partial charge in [0, 0.05) is 6.20 Å². The molecule has 7 heteroatoms. The van der Waals surface area contributed by atoms with Gasteiger partial charge in [-0.25, -0.2) is 9.78 Å². The molecule has 1 aromatic carbocycles. The Labute approximate surface area is 144 Å². The van der Waals surface area contributed by atoms with Crippen molar-refractivity contribution in [2.24, 2.45) is 10.2 Å². The summed E-state index contributed by atoms with van der Waals surface area (Å²) in [6.07, 6.45) is 2.59. The van der Waals surface area contributed by atoms with E-state index in [0.29, 0.717) is 5.69 Å². The molecule has 2 aromatic heterocycles. The largest absolute Gasteiger partial charge is 0.504 e. The molecular formula is C18H18N4O3. The first-order valence-corrected chi connectivity index (χ1v) is 8.01. The maximum absolute atomic E-state index is 12.2. The van der Waals surface area contributed by atoms with Gasteiger partial charge in [0.05, 0.1) is 12.3 Å². The number of esters is 1. The third-order valence-electron chi connectivity index (χ3n) is 3.68. The number of aryl methyl sites for hydroxylation is 1. The third kappa shape index (κ3) is 3.35. The maximum Gasteiger partial charge on any atom is 0.360 e. The number of carbonyl (C=O) groups excluding carboxylic acids is 1. The molecule has 0 aliphatic heterocycles. The number of imidazole rings is 1. The van der Waals surface area contributed by atoms with Crippen LogP contribution in [0.4, 0.5) is 11.5 Å². The second-order valence-electron chi connectivity index (χ2n) is 5.31. The molecule has 128 valence electrons. The van der Waals surface area contributed by atoms with E-state index >= 15 is 0 Å². The second-order valence-corrected chi connectivity index (χ2v) is 5.31. The summed E-state index contributed by atoms with van der Waals surface area (Å²) >= 11 is 0. The Hall–Kier alpha value is -3.22. The Morgan fingerprint density at radius 2 is 1.96 bits per heavy atom. The van der Waals surface area contributed by atoms with Crippen LogP contribution in [-0.4, -0.2) is 27.1 Å². The average Bonchev–Trinajstić information content (AvgIpc) is 3.01. The first kappa shape index (κ1) is 16.6. The van der Waals surface area contributed by atoms with Gasteiger partial charge in [-0.1, -0.05) is 19.1 Å². The van der Waals surface area contributed by atoms with E-state index in [1.165, 1.54) is 16.0 Å². The van der Waals surface area contributed by atoms with E-state index in [1.807, 2.05) is 24.3 Å². The molecular weight excluding hydrogens is 320 g/mol. The Bertz CT molecular complexity index is 929. The zero-order chi connectivity index (χ0) is 17.8. The zero-order valence-corrected chi connectivity index (χ0v) is 14.0. The zero-order valence-electron chi connectivity index (χ0n) is 14.0. The number of carbonyl (C=O) groups is 1. The number of fused-ring (bicyclic) bond motifs is 1. The van der Waals surface area contributed by atoms with E-state index < -0.39 is 5.97 Å². The summed E-state index contributed by atoms with van der Waals surface area (Å²) < 4.78 is 6.53. The van der Waals surface area contributed by atoms with Crippen molar-refractivity contribution in [3.05, 3.63) is 53.9 Å². The highest BCUT2D eigenvalue weighted by Gasteiger charge is 2.21. The summed E-state index contributed by atoms with van der Waals surface area (Å²) in [6.45, 7) is 4.00. The quantitative estimate of drug-likeness (QED) is 0.558. The Morgan fingerprint density at radius 1 is 1.20 bits per heavy atom. The van der Waals surface area contributed by atoms with Gasteiger partial charge < -0.3 is 9.84 Å². The van der Waals surface area contributed by atoms with Crippen LogP contribution in [0.5, 0.6) is 5.75 Å². The van der Waals surface area contributed by atoms with E-state index in [2.05, 4.69) is 22.1 Å². The first-order valence-electron chi connectivity index (χ1n) is 8.01. The van der Waals surface area contributed by atoms with Crippen LogP contribution in [0.15, 0.2) is 52.8 Å². The summed E-state index contributed by atoms with van der Waals surface area (Å²) in [4.78, 5) is 16.3. The number of benzene rings is 1. The molecule has 25 heavy (non-hydrogen) atoms. The van der Waals surface area contributed by atoms with Gasteiger partial charge in [-0.15, -0.1) is 10.2 Å². The SMILES string of the molecule is CCOC(=O)c1nc2c(O)cccn2c1N=Nc1ccc(CC)cc1. The number of aromatic nitrogens is 2. The summed E-state index contributed by atoms with van der Waals surface area (Å²) in [5.41, 5.74) is 2.09. The van der Waals surface area contributed by atoms with Gasteiger partial charge in [-0.3, -0.25) is 4.40 Å². The van der Waals surface area contributed by atoms with Gasteiger partial charge >= 0.3 is 5.97 Å². The molecule has 0 aliphatic rings. The highest BCUT2D eigenvalue weighted by molar-refractivity contribution is 5.93. The minimum absolute atomic E-state index is 0.0114. The van der Waals surface area contributed by atoms with Gasteiger partial charge in [0.15, 0.2) is 22.9 Å². The van der Waals surface area contributed by atoms with Crippen LogP contribution in [0, 0.1) is 0 Å². The molecule has 0 saturated carbocycles. The highest BCUT2D eigenvalue weighted by atomic mass is 16.5. The monoisotopic (exact) mass is 338 g/mol. The first-order chi connectivity index (χ1) is 12.1. The van der Waals surface area contributed by atoms with Crippen LogP contribution in [0.25, 0.3) is 5.65 Å². The van der Waals surface area contributed by atoms with Crippen LogP contribution >= 0.6 is 0 Å². The van der Waals surface area contributed by atoms with E-state index in [9.17, 15) is 9.90 Å². The normalized spacial score (nSPS) is 11.3. The topological polar surface area (TPSA) is 88.5 Å². The molecule has 3 aromatic rings. The van der Waals surface area contributed by atoms with Gasteiger partial charge in [-0.2, -0.15) is 0 Å². The average molecular weight is 338 g/mol. The Morgan fingerprint density at radius 3 is 2.64 bits per heavy atom. The number of aromatic hydroxyl groups is 1. The lowest BCUT2D eigenvalue weighted by Gasteiger charge is -2.00. The molecule has 0 amide bonds. The highest BCUT2D eigenvalue weighted by Crippen LogP contribution is 2.28. The fraction of sp³-hybridized carbons (Fsp3) is 0.222. The molecule has 0 unspecified atom stereocenters.